The number of benzene rings is 1. The van der Waals surface area contributed by atoms with Gasteiger partial charge in [-0.25, -0.2) is 0 Å². The van der Waals surface area contributed by atoms with E-state index in [2.05, 4.69) is 11.0 Å². The Balaban J connectivity index is 1.75. The van der Waals surface area contributed by atoms with Crippen LogP contribution in [0.15, 0.2) is 18.2 Å². The minimum absolute atomic E-state index is 0.239. The highest BCUT2D eigenvalue weighted by molar-refractivity contribution is 6.32. The largest absolute Gasteiger partial charge is 0.491 e. The fraction of sp³-hybridized carbons (Fsp3) is 0.533. The van der Waals surface area contributed by atoms with Crippen molar-refractivity contribution in [1.82, 2.24) is 4.90 Å². The van der Waals surface area contributed by atoms with Crippen LogP contribution in [0.25, 0.3) is 0 Å². The van der Waals surface area contributed by atoms with E-state index in [1.807, 2.05) is 25.1 Å². The number of piperidine rings is 1. The minimum Gasteiger partial charge on any atom is -0.491 e. The monoisotopic (exact) mass is 278 g/mol. The van der Waals surface area contributed by atoms with Gasteiger partial charge < -0.3 is 4.74 Å². The smallest absolute Gasteiger partial charge is 0.138 e. The quantitative estimate of drug-likeness (QED) is 0.848. The lowest BCUT2D eigenvalue weighted by Gasteiger charge is -2.28. The summed E-state index contributed by atoms with van der Waals surface area (Å²) in [7, 11) is 0. The zero-order chi connectivity index (χ0) is 13.7. The van der Waals surface area contributed by atoms with E-state index in [9.17, 15) is 0 Å². The van der Waals surface area contributed by atoms with Crippen LogP contribution >= 0.6 is 11.6 Å². The summed E-state index contributed by atoms with van der Waals surface area (Å²) in [6, 6.07) is 8.15. The first kappa shape index (κ1) is 14.2. The number of hydrogen-bond acceptors (Lipinski definition) is 3. The van der Waals surface area contributed by atoms with Crippen LogP contribution in [0.1, 0.15) is 18.4 Å². The molecule has 0 bridgehead atoms. The van der Waals surface area contributed by atoms with Gasteiger partial charge in [0.25, 0.3) is 0 Å². The summed E-state index contributed by atoms with van der Waals surface area (Å²) in [6.07, 6.45) is 1.95. The zero-order valence-corrected chi connectivity index (χ0v) is 12.0. The van der Waals surface area contributed by atoms with Crippen molar-refractivity contribution in [2.75, 3.05) is 26.2 Å². The second-order valence-electron chi connectivity index (χ2n) is 5.03. The second kappa shape index (κ2) is 6.79. The van der Waals surface area contributed by atoms with Crippen LogP contribution in [0.2, 0.25) is 5.02 Å². The van der Waals surface area contributed by atoms with Gasteiger partial charge >= 0.3 is 0 Å². The van der Waals surface area contributed by atoms with Crippen LogP contribution in [0.3, 0.4) is 0 Å². The molecule has 1 fully saturated rings. The highest BCUT2D eigenvalue weighted by Crippen LogP contribution is 2.25. The van der Waals surface area contributed by atoms with E-state index >= 15 is 0 Å². The number of aryl methyl sites for hydroxylation is 1. The van der Waals surface area contributed by atoms with E-state index in [0.29, 0.717) is 11.6 Å². The maximum absolute atomic E-state index is 8.85. The molecule has 1 aliphatic heterocycles. The molecule has 102 valence electrons. The second-order valence-corrected chi connectivity index (χ2v) is 5.43. The topological polar surface area (TPSA) is 36.3 Å². The summed E-state index contributed by atoms with van der Waals surface area (Å²) in [5.41, 5.74) is 1.15. The number of nitriles is 1. The number of halogens is 1. The molecule has 1 aromatic carbocycles. The SMILES string of the molecule is Cc1ccc(Cl)c(OCCN2CCC(C#N)CC2)c1. The van der Waals surface area contributed by atoms with E-state index in [4.69, 9.17) is 21.6 Å². The molecule has 0 N–H and O–H groups in total. The maximum Gasteiger partial charge on any atom is 0.138 e. The average Bonchev–Trinajstić information content (AvgIpc) is 2.43. The lowest BCUT2D eigenvalue weighted by Crippen LogP contribution is -2.36. The van der Waals surface area contributed by atoms with Crippen molar-refractivity contribution in [1.29, 1.82) is 5.26 Å². The van der Waals surface area contributed by atoms with Gasteiger partial charge in [-0.1, -0.05) is 17.7 Å². The van der Waals surface area contributed by atoms with Crippen LogP contribution in [-0.4, -0.2) is 31.1 Å². The van der Waals surface area contributed by atoms with Crippen molar-refractivity contribution in [3.05, 3.63) is 28.8 Å². The van der Waals surface area contributed by atoms with E-state index in [1.165, 1.54) is 0 Å². The van der Waals surface area contributed by atoms with Crippen molar-refractivity contribution in [2.24, 2.45) is 5.92 Å². The third kappa shape index (κ3) is 4.12. The predicted octanol–water partition coefficient (Wildman–Crippen LogP) is 3.26. The summed E-state index contributed by atoms with van der Waals surface area (Å²) in [6.45, 7) is 5.53. The molecule has 0 aliphatic carbocycles. The highest BCUT2D eigenvalue weighted by Gasteiger charge is 2.18. The summed E-state index contributed by atoms with van der Waals surface area (Å²) in [5.74, 6) is 0.997. The van der Waals surface area contributed by atoms with E-state index in [-0.39, 0.29) is 5.92 Å². The molecule has 0 radical (unpaired) electrons. The van der Waals surface area contributed by atoms with Crippen LogP contribution in [0, 0.1) is 24.2 Å². The van der Waals surface area contributed by atoms with Crippen LogP contribution in [-0.2, 0) is 0 Å². The zero-order valence-electron chi connectivity index (χ0n) is 11.2. The maximum atomic E-state index is 8.85. The Hall–Kier alpha value is -1.24. The normalized spacial score (nSPS) is 17.1. The van der Waals surface area contributed by atoms with E-state index in [0.717, 1.165) is 43.8 Å². The molecule has 0 aromatic heterocycles. The van der Waals surface area contributed by atoms with Crippen molar-refractivity contribution in [3.8, 4) is 11.8 Å². The minimum atomic E-state index is 0.239. The summed E-state index contributed by atoms with van der Waals surface area (Å²) in [4.78, 5) is 2.34. The molecule has 0 unspecified atom stereocenters. The fourth-order valence-electron chi connectivity index (χ4n) is 2.29. The average molecular weight is 279 g/mol. The molecule has 1 saturated heterocycles. The molecule has 1 aliphatic rings. The third-order valence-electron chi connectivity index (χ3n) is 3.52. The van der Waals surface area contributed by atoms with Crippen molar-refractivity contribution >= 4 is 11.6 Å². The van der Waals surface area contributed by atoms with Gasteiger partial charge in [-0.3, -0.25) is 4.90 Å². The van der Waals surface area contributed by atoms with Crippen LogP contribution in [0.4, 0.5) is 0 Å². The molecule has 0 amide bonds. The summed E-state index contributed by atoms with van der Waals surface area (Å²) < 4.78 is 5.73. The van der Waals surface area contributed by atoms with Gasteiger partial charge in [0.1, 0.15) is 12.4 Å². The van der Waals surface area contributed by atoms with Crippen LogP contribution in [0.5, 0.6) is 5.75 Å². The van der Waals surface area contributed by atoms with Gasteiger partial charge in [0, 0.05) is 12.5 Å². The summed E-state index contributed by atoms with van der Waals surface area (Å²) >= 11 is 6.08. The lowest BCUT2D eigenvalue weighted by molar-refractivity contribution is 0.169. The third-order valence-corrected chi connectivity index (χ3v) is 3.83. The Kier molecular flexibility index (Phi) is 5.07. The van der Waals surface area contributed by atoms with Gasteiger partial charge in [-0.2, -0.15) is 5.26 Å². The Labute approximate surface area is 119 Å². The molecule has 3 nitrogen and oxygen atoms in total. The highest BCUT2D eigenvalue weighted by atomic mass is 35.5. The Morgan fingerprint density at radius 3 is 2.84 bits per heavy atom. The summed E-state index contributed by atoms with van der Waals surface area (Å²) in [5, 5.41) is 9.51. The van der Waals surface area contributed by atoms with E-state index in [1.54, 1.807) is 0 Å². The molecular weight excluding hydrogens is 260 g/mol. The van der Waals surface area contributed by atoms with Gasteiger partial charge in [0.05, 0.1) is 11.1 Å². The Bertz CT molecular complexity index is 462. The molecule has 2 rings (SSSR count). The lowest BCUT2D eigenvalue weighted by atomic mass is 9.99. The molecule has 19 heavy (non-hydrogen) atoms. The number of rotatable bonds is 4. The first-order valence-corrected chi connectivity index (χ1v) is 7.08. The number of nitrogens with zero attached hydrogens (tertiary/aromatic N) is 2. The Morgan fingerprint density at radius 1 is 1.42 bits per heavy atom. The standard InChI is InChI=1S/C15H19ClN2O/c1-12-2-3-14(16)15(10-12)19-9-8-18-6-4-13(11-17)5-7-18/h2-3,10,13H,4-9H2,1H3. The van der Waals surface area contributed by atoms with Gasteiger partial charge in [-0.05, 0) is 50.6 Å². The first-order chi connectivity index (χ1) is 9.19. The Morgan fingerprint density at radius 2 is 2.16 bits per heavy atom. The van der Waals surface area contributed by atoms with Crippen LogP contribution < -0.4 is 4.74 Å². The fourth-order valence-corrected chi connectivity index (χ4v) is 2.46. The molecule has 0 atom stereocenters. The van der Waals surface area contributed by atoms with Crippen molar-refractivity contribution < 1.29 is 4.74 Å². The molecule has 4 heteroatoms. The van der Waals surface area contributed by atoms with Crippen molar-refractivity contribution in [3.63, 3.8) is 0 Å². The molecule has 0 saturated carbocycles. The predicted molar refractivity (Wildman–Crippen MR) is 76.5 cm³/mol. The number of ether oxygens (including phenoxy) is 1. The van der Waals surface area contributed by atoms with Gasteiger partial charge in [0.15, 0.2) is 0 Å². The van der Waals surface area contributed by atoms with Gasteiger partial charge in [0.2, 0.25) is 0 Å². The van der Waals surface area contributed by atoms with Crippen molar-refractivity contribution in [2.45, 2.75) is 19.8 Å². The number of hydrogen-bond donors (Lipinski definition) is 0. The molecule has 1 heterocycles. The van der Waals surface area contributed by atoms with E-state index < -0.39 is 0 Å². The molecule has 1 aromatic rings. The molecule has 0 spiro atoms. The number of likely N-dealkylation sites (tertiary alicyclic amines) is 1. The first-order valence-electron chi connectivity index (χ1n) is 6.70. The van der Waals surface area contributed by atoms with Gasteiger partial charge in [-0.15, -0.1) is 0 Å². The molecular formula is C15H19ClN2O.